The van der Waals surface area contributed by atoms with Crippen molar-refractivity contribution in [3.05, 3.63) is 35.5 Å². The van der Waals surface area contributed by atoms with Crippen molar-refractivity contribution in [2.24, 2.45) is 0 Å². The van der Waals surface area contributed by atoms with E-state index in [1.165, 1.54) is 19.2 Å². The molecule has 1 aromatic carbocycles. The number of carbonyl (C=O) groups is 1. The van der Waals surface area contributed by atoms with E-state index in [2.05, 4.69) is 20.6 Å². The quantitative estimate of drug-likeness (QED) is 0.673. The molecule has 1 aliphatic rings. The molecule has 1 saturated carbocycles. The minimum Gasteiger partial charge on any atom is -0.496 e. The lowest BCUT2D eigenvalue weighted by atomic mass is 10.1. The summed E-state index contributed by atoms with van der Waals surface area (Å²) in [6.45, 7) is -0.367. The van der Waals surface area contributed by atoms with Crippen LogP contribution in [0.15, 0.2) is 24.3 Å². The van der Waals surface area contributed by atoms with Crippen LogP contribution in [0.2, 0.25) is 0 Å². The largest absolute Gasteiger partial charge is 0.496 e. The number of alkyl halides is 3. The number of aromatic nitrogens is 2. The van der Waals surface area contributed by atoms with Gasteiger partial charge in [0.05, 0.1) is 18.4 Å². The Bertz CT molecular complexity index is 854. The summed E-state index contributed by atoms with van der Waals surface area (Å²) < 4.78 is 44.3. The molecular formula is C17H17F3N4O3. The normalized spacial score (nSPS) is 13.9. The minimum atomic E-state index is -4.57. The molecule has 144 valence electrons. The lowest BCUT2D eigenvalue weighted by molar-refractivity contribution is -0.138. The van der Waals surface area contributed by atoms with Gasteiger partial charge in [-0.05, 0) is 31.0 Å². The molecule has 0 saturated heterocycles. The molecule has 27 heavy (non-hydrogen) atoms. The number of aliphatic carboxylic acids is 1. The summed E-state index contributed by atoms with van der Waals surface area (Å²) in [5.74, 6) is -0.722. The third kappa shape index (κ3) is 4.78. The number of methoxy groups -OCH3 is 1. The van der Waals surface area contributed by atoms with Crippen molar-refractivity contribution in [3.63, 3.8) is 0 Å². The Morgan fingerprint density at radius 3 is 2.63 bits per heavy atom. The first-order valence-electron chi connectivity index (χ1n) is 8.13. The lowest BCUT2D eigenvalue weighted by Crippen LogP contribution is -2.15. The smallest absolute Gasteiger partial charge is 0.420 e. The van der Waals surface area contributed by atoms with E-state index in [0.717, 1.165) is 18.9 Å². The van der Waals surface area contributed by atoms with Crippen LogP contribution in [0.5, 0.6) is 5.75 Å². The number of anilines is 3. The molecule has 0 spiro atoms. The van der Waals surface area contributed by atoms with Crippen LogP contribution in [0, 0.1) is 0 Å². The number of nitrogens with zero attached hydrogens (tertiary/aromatic N) is 2. The van der Waals surface area contributed by atoms with Gasteiger partial charge in [-0.3, -0.25) is 4.79 Å². The number of hydrogen-bond acceptors (Lipinski definition) is 6. The summed E-state index contributed by atoms with van der Waals surface area (Å²) in [7, 11) is 1.17. The molecular weight excluding hydrogens is 365 g/mol. The fourth-order valence-electron chi connectivity index (χ4n) is 2.51. The highest BCUT2D eigenvalue weighted by Gasteiger charge is 2.34. The van der Waals surface area contributed by atoms with Gasteiger partial charge in [0.25, 0.3) is 0 Å². The molecule has 0 unspecified atom stereocenters. The van der Waals surface area contributed by atoms with Crippen LogP contribution >= 0.6 is 0 Å². The molecule has 0 radical (unpaired) electrons. The second-order valence-corrected chi connectivity index (χ2v) is 6.06. The Morgan fingerprint density at radius 2 is 2.04 bits per heavy atom. The molecule has 0 amide bonds. The molecule has 3 N–H and O–H groups in total. The summed E-state index contributed by atoms with van der Waals surface area (Å²) in [4.78, 5) is 19.1. The van der Waals surface area contributed by atoms with E-state index in [1.54, 1.807) is 6.07 Å². The van der Waals surface area contributed by atoms with Gasteiger partial charge in [0.2, 0.25) is 5.95 Å². The van der Waals surface area contributed by atoms with E-state index in [1.807, 2.05) is 0 Å². The summed E-state index contributed by atoms with van der Waals surface area (Å²) in [5.41, 5.74) is -0.0200. The van der Waals surface area contributed by atoms with Gasteiger partial charge in [-0.2, -0.15) is 18.2 Å². The highest BCUT2D eigenvalue weighted by molar-refractivity contribution is 5.72. The Hall–Kier alpha value is -3.04. The van der Waals surface area contributed by atoms with E-state index in [9.17, 15) is 18.0 Å². The molecule has 3 rings (SSSR count). The number of carboxylic acid groups (broad SMARTS) is 1. The van der Waals surface area contributed by atoms with Crippen LogP contribution in [0.25, 0.3) is 0 Å². The maximum Gasteiger partial charge on any atom is 0.420 e. The van der Waals surface area contributed by atoms with E-state index >= 15 is 0 Å². The summed E-state index contributed by atoms with van der Waals surface area (Å²) in [5, 5.41) is 14.2. The number of benzene rings is 1. The predicted octanol–water partition coefficient (Wildman–Crippen LogP) is 3.62. The van der Waals surface area contributed by atoms with Crippen molar-refractivity contribution >= 4 is 23.4 Å². The molecule has 1 heterocycles. The van der Waals surface area contributed by atoms with Gasteiger partial charge in [0, 0.05) is 17.7 Å². The second kappa shape index (κ2) is 7.29. The van der Waals surface area contributed by atoms with Crippen molar-refractivity contribution in [2.75, 3.05) is 24.3 Å². The zero-order chi connectivity index (χ0) is 19.6. The number of carboxylic acids is 1. The van der Waals surface area contributed by atoms with E-state index in [4.69, 9.17) is 9.84 Å². The average molecular weight is 382 g/mol. The minimum absolute atomic E-state index is 0.105. The Labute approximate surface area is 152 Å². The van der Waals surface area contributed by atoms with Crippen molar-refractivity contribution in [3.8, 4) is 5.75 Å². The van der Waals surface area contributed by atoms with Crippen LogP contribution < -0.4 is 15.4 Å². The number of nitrogens with one attached hydrogen (secondary N) is 2. The van der Waals surface area contributed by atoms with Crippen molar-refractivity contribution in [2.45, 2.75) is 24.9 Å². The molecule has 1 aliphatic carbocycles. The first kappa shape index (κ1) is 18.7. The van der Waals surface area contributed by atoms with Gasteiger partial charge in [0.15, 0.2) is 0 Å². The topological polar surface area (TPSA) is 96.4 Å². The highest BCUT2D eigenvalue weighted by atomic mass is 19.4. The van der Waals surface area contributed by atoms with E-state index < -0.39 is 17.7 Å². The maximum absolute atomic E-state index is 13.2. The molecule has 0 bridgehead atoms. The van der Waals surface area contributed by atoms with Crippen LogP contribution in [0.3, 0.4) is 0 Å². The zero-order valence-electron chi connectivity index (χ0n) is 14.3. The molecule has 0 atom stereocenters. The van der Waals surface area contributed by atoms with Gasteiger partial charge >= 0.3 is 12.1 Å². The monoisotopic (exact) mass is 382 g/mol. The summed E-state index contributed by atoms with van der Waals surface area (Å²) in [6, 6.07) is 5.25. The van der Waals surface area contributed by atoms with E-state index in [-0.39, 0.29) is 35.7 Å². The second-order valence-electron chi connectivity index (χ2n) is 6.06. The van der Waals surface area contributed by atoms with Crippen LogP contribution in [-0.4, -0.2) is 34.7 Å². The van der Waals surface area contributed by atoms with Crippen LogP contribution in [0.4, 0.5) is 30.6 Å². The van der Waals surface area contributed by atoms with Crippen LogP contribution in [0.1, 0.15) is 30.0 Å². The summed E-state index contributed by atoms with van der Waals surface area (Å²) in [6.07, 6.45) is -2.66. The SMILES string of the molecule is COc1ccc(Nc2cc(C3CC3)nc(NCC(=O)O)n2)cc1C(F)(F)F. The van der Waals surface area contributed by atoms with Gasteiger partial charge in [-0.15, -0.1) is 0 Å². The molecule has 10 heteroatoms. The van der Waals surface area contributed by atoms with Crippen molar-refractivity contribution < 1.29 is 27.8 Å². The molecule has 1 fully saturated rings. The number of hydrogen-bond donors (Lipinski definition) is 3. The molecule has 7 nitrogen and oxygen atoms in total. The third-order valence-corrected chi connectivity index (χ3v) is 3.92. The third-order valence-electron chi connectivity index (χ3n) is 3.92. The fourth-order valence-corrected chi connectivity index (χ4v) is 2.51. The van der Waals surface area contributed by atoms with Gasteiger partial charge in [0.1, 0.15) is 18.1 Å². The molecule has 2 aromatic rings. The van der Waals surface area contributed by atoms with Crippen molar-refractivity contribution in [1.82, 2.24) is 9.97 Å². The number of halogens is 3. The fraction of sp³-hybridized carbons (Fsp3) is 0.353. The summed E-state index contributed by atoms with van der Waals surface area (Å²) >= 11 is 0. The molecule has 0 aliphatic heterocycles. The van der Waals surface area contributed by atoms with Gasteiger partial charge in [-0.25, -0.2) is 4.98 Å². The standard InChI is InChI=1S/C17H17F3N4O3/c1-27-13-5-4-10(6-11(13)17(18,19)20)22-14-7-12(9-2-3-9)23-16(24-14)21-8-15(25)26/h4-7,9H,2-3,8H2,1H3,(H,25,26)(H2,21,22,23,24). The predicted molar refractivity (Wildman–Crippen MR) is 91.4 cm³/mol. The van der Waals surface area contributed by atoms with Gasteiger partial charge < -0.3 is 20.5 Å². The van der Waals surface area contributed by atoms with Gasteiger partial charge in [-0.1, -0.05) is 0 Å². The number of ether oxygens (including phenoxy) is 1. The Balaban J connectivity index is 1.89. The Kier molecular flexibility index (Phi) is 5.06. The van der Waals surface area contributed by atoms with E-state index in [0.29, 0.717) is 5.69 Å². The lowest BCUT2D eigenvalue weighted by Gasteiger charge is -2.15. The first-order chi connectivity index (χ1) is 12.8. The van der Waals surface area contributed by atoms with Crippen molar-refractivity contribution in [1.29, 1.82) is 0 Å². The first-order valence-corrected chi connectivity index (χ1v) is 8.13. The average Bonchev–Trinajstić information content (AvgIpc) is 3.44. The molecule has 1 aromatic heterocycles. The van der Waals surface area contributed by atoms with Crippen LogP contribution in [-0.2, 0) is 11.0 Å². The highest BCUT2D eigenvalue weighted by Crippen LogP contribution is 2.41. The Morgan fingerprint density at radius 1 is 1.30 bits per heavy atom. The zero-order valence-corrected chi connectivity index (χ0v) is 14.3. The maximum atomic E-state index is 13.2. The number of rotatable bonds is 7.